The van der Waals surface area contributed by atoms with Gasteiger partial charge in [0.1, 0.15) is 0 Å². The Kier molecular flexibility index (Phi) is 5.83. The van der Waals surface area contributed by atoms with Gasteiger partial charge >= 0.3 is 0 Å². The molecule has 1 atom stereocenters. The Hall–Kier alpha value is -2.51. The summed E-state index contributed by atoms with van der Waals surface area (Å²) in [7, 11) is -3.54. The number of nitro groups is 1. The minimum absolute atomic E-state index is 0.187. The average Bonchev–Trinajstić information content (AvgIpc) is 2.55. The molecule has 2 aromatic rings. The van der Waals surface area contributed by atoms with E-state index in [9.17, 15) is 23.6 Å². The maximum absolute atomic E-state index is 12.1. The van der Waals surface area contributed by atoms with Crippen LogP contribution in [0.5, 0.6) is 0 Å². The summed E-state index contributed by atoms with van der Waals surface area (Å²) < 4.78 is 24.2. The Morgan fingerprint density at radius 1 is 1.12 bits per heavy atom. The smallest absolute Gasteiger partial charge is 0.269 e. The predicted molar refractivity (Wildman–Crippen MR) is 92.2 cm³/mol. The van der Waals surface area contributed by atoms with E-state index in [1.165, 1.54) is 30.3 Å². The highest BCUT2D eigenvalue weighted by Gasteiger charge is 2.19. The molecule has 0 heterocycles. The summed E-state index contributed by atoms with van der Waals surface area (Å²) in [4.78, 5) is 10.1. The minimum Gasteiger partial charge on any atom is -0.387 e. The molecule has 1 N–H and O–H groups in total. The standard InChI is InChI=1S/C17H17NO5S/c19-17(15-9-4-10-16(12-15)18(20)21)13-24(22,23)11-5-8-14-6-2-1-3-7-14/h1-10,12,17,19H,11,13H2/b8-5+. The molecule has 1 unspecified atom stereocenters. The molecule has 0 aliphatic carbocycles. The Labute approximate surface area is 140 Å². The molecule has 0 radical (unpaired) electrons. The normalized spacial score (nSPS) is 13.0. The summed E-state index contributed by atoms with van der Waals surface area (Å²) in [5.74, 6) is -0.707. The zero-order valence-electron chi connectivity index (χ0n) is 12.8. The third-order valence-corrected chi connectivity index (χ3v) is 4.86. The monoisotopic (exact) mass is 347 g/mol. The molecule has 6 nitrogen and oxygen atoms in total. The van der Waals surface area contributed by atoms with Gasteiger partial charge in [0.2, 0.25) is 0 Å². The summed E-state index contributed by atoms with van der Waals surface area (Å²) in [6.45, 7) is 0. The van der Waals surface area contributed by atoms with Crippen LogP contribution >= 0.6 is 0 Å². The Balaban J connectivity index is 2.02. The highest BCUT2D eigenvalue weighted by Crippen LogP contribution is 2.20. The highest BCUT2D eigenvalue weighted by molar-refractivity contribution is 7.91. The van der Waals surface area contributed by atoms with Crippen molar-refractivity contribution in [3.05, 3.63) is 81.9 Å². The van der Waals surface area contributed by atoms with Crippen LogP contribution in [0.3, 0.4) is 0 Å². The van der Waals surface area contributed by atoms with Gasteiger partial charge in [0.25, 0.3) is 5.69 Å². The van der Waals surface area contributed by atoms with E-state index in [1.54, 1.807) is 6.08 Å². The molecule has 2 rings (SSSR count). The number of hydrogen-bond acceptors (Lipinski definition) is 5. The predicted octanol–water partition coefficient (Wildman–Crippen LogP) is 2.76. The van der Waals surface area contributed by atoms with E-state index in [-0.39, 0.29) is 17.0 Å². The lowest BCUT2D eigenvalue weighted by atomic mass is 10.1. The summed E-state index contributed by atoms with van der Waals surface area (Å²) >= 11 is 0. The molecule has 0 amide bonds. The van der Waals surface area contributed by atoms with Crippen molar-refractivity contribution in [2.45, 2.75) is 6.10 Å². The topological polar surface area (TPSA) is 97.5 Å². The summed E-state index contributed by atoms with van der Waals surface area (Å²) in [5, 5.41) is 20.8. The van der Waals surface area contributed by atoms with E-state index in [1.807, 2.05) is 30.3 Å². The minimum atomic E-state index is -3.54. The highest BCUT2D eigenvalue weighted by atomic mass is 32.2. The number of nitro benzene ring substituents is 1. The first-order chi connectivity index (χ1) is 11.4. The number of nitrogens with zero attached hydrogens (tertiary/aromatic N) is 1. The molecule has 0 saturated carbocycles. The molecule has 2 aromatic carbocycles. The molecule has 0 aliphatic rings. The lowest BCUT2D eigenvalue weighted by molar-refractivity contribution is -0.385. The molecule has 24 heavy (non-hydrogen) atoms. The quantitative estimate of drug-likeness (QED) is 0.613. The van der Waals surface area contributed by atoms with Gasteiger partial charge in [0, 0.05) is 12.1 Å². The van der Waals surface area contributed by atoms with Crippen LogP contribution in [0.2, 0.25) is 0 Å². The number of aliphatic hydroxyl groups excluding tert-OH is 1. The Morgan fingerprint density at radius 3 is 2.50 bits per heavy atom. The fourth-order valence-electron chi connectivity index (χ4n) is 2.15. The van der Waals surface area contributed by atoms with Crippen molar-refractivity contribution in [1.29, 1.82) is 0 Å². The van der Waals surface area contributed by atoms with Crippen LogP contribution in [-0.4, -0.2) is 30.0 Å². The molecule has 0 saturated heterocycles. The summed E-state index contributed by atoms with van der Waals surface area (Å²) in [6, 6.07) is 14.6. The second kappa shape index (κ2) is 7.85. The third kappa shape index (κ3) is 5.29. The maximum Gasteiger partial charge on any atom is 0.269 e. The number of sulfone groups is 1. The first-order valence-corrected chi connectivity index (χ1v) is 9.04. The van der Waals surface area contributed by atoms with E-state index in [4.69, 9.17) is 0 Å². The summed E-state index contributed by atoms with van der Waals surface area (Å²) in [6.07, 6.45) is 1.90. The van der Waals surface area contributed by atoms with Gasteiger partial charge in [-0.25, -0.2) is 8.42 Å². The van der Waals surface area contributed by atoms with Crippen molar-refractivity contribution in [3.8, 4) is 0 Å². The molecular weight excluding hydrogens is 330 g/mol. The number of benzene rings is 2. The van der Waals surface area contributed by atoms with Gasteiger partial charge in [-0.2, -0.15) is 0 Å². The van der Waals surface area contributed by atoms with Crippen LogP contribution in [0.1, 0.15) is 17.2 Å². The molecule has 126 valence electrons. The molecular formula is C17H17NO5S. The fourth-order valence-corrected chi connectivity index (χ4v) is 3.34. The van der Waals surface area contributed by atoms with Gasteiger partial charge in [0.15, 0.2) is 9.84 Å². The SMILES string of the molecule is O=[N+]([O-])c1cccc(C(O)CS(=O)(=O)C/C=C/c2ccccc2)c1. The second-order valence-corrected chi connectivity index (χ2v) is 7.41. The van der Waals surface area contributed by atoms with Gasteiger partial charge in [-0.05, 0) is 11.1 Å². The van der Waals surface area contributed by atoms with Gasteiger partial charge < -0.3 is 5.11 Å². The van der Waals surface area contributed by atoms with E-state index in [0.29, 0.717) is 0 Å². The van der Waals surface area contributed by atoms with E-state index in [0.717, 1.165) is 5.56 Å². The lowest BCUT2D eigenvalue weighted by Crippen LogP contribution is -2.16. The van der Waals surface area contributed by atoms with Crippen molar-refractivity contribution >= 4 is 21.6 Å². The largest absolute Gasteiger partial charge is 0.387 e. The first kappa shape index (κ1) is 17.8. The van der Waals surface area contributed by atoms with Crippen LogP contribution < -0.4 is 0 Å². The third-order valence-electron chi connectivity index (χ3n) is 3.34. The van der Waals surface area contributed by atoms with Crippen molar-refractivity contribution in [2.75, 3.05) is 11.5 Å². The van der Waals surface area contributed by atoms with Gasteiger partial charge in [0.05, 0.1) is 22.5 Å². The number of aliphatic hydroxyl groups is 1. The number of non-ortho nitro benzene ring substituents is 1. The Morgan fingerprint density at radius 2 is 1.83 bits per heavy atom. The first-order valence-electron chi connectivity index (χ1n) is 7.22. The van der Waals surface area contributed by atoms with Crippen molar-refractivity contribution < 1.29 is 18.4 Å². The van der Waals surface area contributed by atoms with Crippen molar-refractivity contribution in [3.63, 3.8) is 0 Å². The van der Waals surface area contributed by atoms with Crippen LogP contribution in [0.15, 0.2) is 60.7 Å². The van der Waals surface area contributed by atoms with E-state index >= 15 is 0 Å². The Bertz CT molecular complexity index is 831. The fraction of sp³-hybridized carbons (Fsp3) is 0.176. The van der Waals surface area contributed by atoms with Gasteiger partial charge in [-0.3, -0.25) is 10.1 Å². The van der Waals surface area contributed by atoms with Gasteiger partial charge in [-0.1, -0.05) is 54.6 Å². The molecule has 0 bridgehead atoms. The molecule has 0 aromatic heterocycles. The van der Waals surface area contributed by atoms with Crippen LogP contribution in [0.25, 0.3) is 6.08 Å². The maximum atomic E-state index is 12.1. The van der Waals surface area contributed by atoms with E-state index in [2.05, 4.69) is 0 Å². The zero-order valence-corrected chi connectivity index (χ0v) is 13.6. The average molecular weight is 347 g/mol. The number of rotatable bonds is 7. The van der Waals surface area contributed by atoms with Crippen LogP contribution in [0.4, 0.5) is 5.69 Å². The van der Waals surface area contributed by atoms with Crippen LogP contribution in [-0.2, 0) is 9.84 Å². The molecule has 0 spiro atoms. The summed E-state index contributed by atoms with van der Waals surface area (Å²) in [5.41, 5.74) is 0.902. The van der Waals surface area contributed by atoms with Gasteiger partial charge in [-0.15, -0.1) is 0 Å². The zero-order chi connectivity index (χ0) is 17.6. The van der Waals surface area contributed by atoms with Crippen molar-refractivity contribution in [1.82, 2.24) is 0 Å². The molecule has 0 aliphatic heterocycles. The van der Waals surface area contributed by atoms with Crippen LogP contribution in [0, 0.1) is 10.1 Å². The lowest BCUT2D eigenvalue weighted by Gasteiger charge is -2.10. The number of hydrogen-bond donors (Lipinski definition) is 1. The van der Waals surface area contributed by atoms with Crippen molar-refractivity contribution in [2.24, 2.45) is 0 Å². The second-order valence-electron chi connectivity index (χ2n) is 5.26. The van der Waals surface area contributed by atoms with E-state index < -0.39 is 26.6 Å². The molecule has 7 heteroatoms. The molecule has 0 fully saturated rings.